The molecule has 2 aromatic rings. The first-order chi connectivity index (χ1) is 13.2. The molecule has 1 aliphatic rings. The summed E-state index contributed by atoms with van der Waals surface area (Å²) < 4.78 is 42.2. The molecule has 2 heterocycles. The molecule has 0 saturated carbocycles. The van der Waals surface area contributed by atoms with E-state index < -0.39 is 20.9 Å². The maximum absolute atomic E-state index is 13.2. The standard InChI is InChI=1S/C18H20ClFN2O4S2/c1-28(24,25)15-3-2-12(9-14(15)19)13(8-11-4-6-26-7-5-11)17(23)22-18-21-10-16(20)27-18/h2-3,9-11,13H,4-8H2,1H3,(H,21,22,23). The number of nitrogens with one attached hydrogen (secondary N) is 1. The minimum Gasteiger partial charge on any atom is -0.381 e. The van der Waals surface area contributed by atoms with Crippen molar-refractivity contribution in [3.63, 3.8) is 0 Å². The van der Waals surface area contributed by atoms with E-state index in [0.717, 1.165) is 36.6 Å². The molecule has 6 nitrogen and oxygen atoms in total. The number of carbonyl (C=O) groups excluding carboxylic acids is 1. The number of sulfone groups is 1. The minimum absolute atomic E-state index is 0.0186. The highest BCUT2D eigenvalue weighted by atomic mass is 35.5. The van der Waals surface area contributed by atoms with Crippen LogP contribution in [0.5, 0.6) is 0 Å². The molecule has 1 unspecified atom stereocenters. The Kier molecular flexibility index (Phi) is 6.69. The van der Waals surface area contributed by atoms with Crippen molar-refractivity contribution in [2.24, 2.45) is 5.92 Å². The molecule has 0 radical (unpaired) electrons. The van der Waals surface area contributed by atoms with Crippen molar-refractivity contribution in [2.45, 2.75) is 30.1 Å². The summed E-state index contributed by atoms with van der Waals surface area (Å²) >= 11 is 6.93. The molecule has 1 aromatic carbocycles. The second-order valence-electron chi connectivity index (χ2n) is 6.76. The Balaban J connectivity index is 1.88. The fraction of sp³-hybridized carbons (Fsp3) is 0.444. The third-order valence-electron chi connectivity index (χ3n) is 4.69. The smallest absolute Gasteiger partial charge is 0.233 e. The largest absolute Gasteiger partial charge is 0.381 e. The second-order valence-corrected chi connectivity index (χ2v) is 10.1. The molecule has 28 heavy (non-hydrogen) atoms. The van der Waals surface area contributed by atoms with E-state index in [1.54, 1.807) is 6.07 Å². The van der Waals surface area contributed by atoms with Crippen LogP contribution < -0.4 is 5.32 Å². The van der Waals surface area contributed by atoms with Crippen LogP contribution in [-0.2, 0) is 19.4 Å². The van der Waals surface area contributed by atoms with Gasteiger partial charge in [0.05, 0.1) is 22.0 Å². The normalized spacial score (nSPS) is 16.7. The fourth-order valence-electron chi connectivity index (χ4n) is 3.25. The molecule has 1 amide bonds. The van der Waals surface area contributed by atoms with Gasteiger partial charge in [-0.15, -0.1) is 0 Å². The summed E-state index contributed by atoms with van der Waals surface area (Å²) in [6.07, 6.45) is 4.36. The highest BCUT2D eigenvalue weighted by Gasteiger charge is 2.28. The van der Waals surface area contributed by atoms with Crippen LogP contribution in [0.15, 0.2) is 29.3 Å². The van der Waals surface area contributed by atoms with Gasteiger partial charge in [-0.2, -0.15) is 4.39 Å². The van der Waals surface area contributed by atoms with Crippen molar-refractivity contribution in [2.75, 3.05) is 24.8 Å². The first kappa shape index (κ1) is 21.2. The number of nitrogens with zero attached hydrogens (tertiary/aromatic N) is 1. The van der Waals surface area contributed by atoms with Gasteiger partial charge in [0, 0.05) is 19.5 Å². The second kappa shape index (κ2) is 8.86. The predicted octanol–water partition coefficient (Wildman–Crippen LogP) is 3.88. The summed E-state index contributed by atoms with van der Waals surface area (Å²) in [6, 6.07) is 4.54. The fourth-order valence-corrected chi connectivity index (χ4v) is 5.13. The Hall–Kier alpha value is -1.55. The van der Waals surface area contributed by atoms with E-state index in [1.165, 1.54) is 12.1 Å². The molecule has 1 aliphatic heterocycles. The highest BCUT2D eigenvalue weighted by molar-refractivity contribution is 7.90. The number of aromatic nitrogens is 1. The van der Waals surface area contributed by atoms with Crippen molar-refractivity contribution in [1.29, 1.82) is 0 Å². The number of hydrogen-bond acceptors (Lipinski definition) is 6. The lowest BCUT2D eigenvalue weighted by molar-refractivity contribution is -0.118. The van der Waals surface area contributed by atoms with Gasteiger partial charge in [-0.25, -0.2) is 13.4 Å². The van der Waals surface area contributed by atoms with Crippen LogP contribution in [0.1, 0.15) is 30.7 Å². The molecule has 1 N–H and O–H groups in total. The minimum atomic E-state index is -3.47. The third-order valence-corrected chi connectivity index (χ3v) is 6.97. The Morgan fingerprint density at radius 3 is 2.71 bits per heavy atom. The van der Waals surface area contributed by atoms with E-state index in [1.807, 2.05) is 0 Å². The highest BCUT2D eigenvalue weighted by Crippen LogP contribution is 2.34. The van der Waals surface area contributed by atoms with Crippen molar-refractivity contribution < 1.29 is 22.3 Å². The summed E-state index contributed by atoms with van der Waals surface area (Å²) in [4.78, 5) is 16.8. The average molecular weight is 447 g/mol. The van der Waals surface area contributed by atoms with Crippen LogP contribution in [0.2, 0.25) is 5.02 Å². The molecule has 1 atom stereocenters. The van der Waals surface area contributed by atoms with E-state index in [0.29, 0.717) is 25.2 Å². The zero-order valence-corrected chi connectivity index (χ0v) is 17.5. The SMILES string of the molecule is CS(=O)(=O)c1ccc(C(CC2CCOCC2)C(=O)Nc2ncc(F)s2)cc1Cl. The number of anilines is 1. The van der Waals surface area contributed by atoms with E-state index in [2.05, 4.69) is 10.3 Å². The van der Waals surface area contributed by atoms with Gasteiger partial charge in [0.1, 0.15) is 0 Å². The number of rotatable bonds is 6. The molecule has 3 rings (SSSR count). The number of thiazole rings is 1. The maximum Gasteiger partial charge on any atom is 0.233 e. The zero-order valence-electron chi connectivity index (χ0n) is 15.2. The topological polar surface area (TPSA) is 85.4 Å². The Bertz CT molecular complexity index is 958. The van der Waals surface area contributed by atoms with Crippen LogP contribution in [0.3, 0.4) is 0 Å². The van der Waals surface area contributed by atoms with E-state index in [-0.39, 0.29) is 26.9 Å². The van der Waals surface area contributed by atoms with Gasteiger partial charge in [-0.3, -0.25) is 4.79 Å². The number of amides is 1. The number of hydrogen-bond donors (Lipinski definition) is 1. The van der Waals surface area contributed by atoms with Gasteiger partial charge in [-0.05, 0) is 42.9 Å². The molecule has 1 saturated heterocycles. The van der Waals surface area contributed by atoms with E-state index in [9.17, 15) is 17.6 Å². The van der Waals surface area contributed by atoms with E-state index in [4.69, 9.17) is 16.3 Å². The van der Waals surface area contributed by atoms with Crippen LogP contribution in [0.25, 0.3) is 0 Å². The molecule has 152 valence electrons. The summed E-state index contributed by atoms with van der Waals surface area (Å²) in [6.45, 7) is 1.29. The van der Waals surface area contributed by atoms with Crippen molar-refractivity contribution in [3.8, 4) is 0 Å². The average Bonchev–Trinajstić information content (AvgIpc) is 3.04. The van der Waals surface area contributed by atoms with Gasteiger partial charge in [0.15, 0.2) is 20.1 Å². The van der Waals surface area contributed by atoms with Gasteiger partial charge < -0.3 is 10.1 Å². The van der Waals surface area contributed by atoms with Crippen LogP contribution >= 0.6 is 22.9 Å². The molecular weight excluding hydrogens is 427 g/mol. The molecule has 0 bridgehead atoms. The van der Waals surface area contributed by atoms with Crippen LogP contribution in [-0.4, -0.2) is 38.8 Å². The number of halogens is 2. The lowest BCUT2D eigenvalue weighted by atomic mass is 9.84. The quantitative estimate of drug-likeness (QED) is 0.727. The zero-order chi connectivity index (χ0) is 20.3. The molecule has 0 aliphatic carbocycles. The van der Waals surface area contributed by atoms with Gasteiger partial charge in [-0.1, -0.05) is 29.0 Å². The first-order valence-electron chi connectivity index (χ1n) is 8.73. The monoisotopic (exact) mass is 446 g/mol. The summed E-state index contributed by atoms with van der Waals surface area (Å²) in [7, 11) is -3.47. The summed E-state index contributed by atoms with van der Waals surface area (Å²) in [5.74, 6) is -0.615. The molecule has 10 heteroatoms. The number of benzene rings is 1. The predicted molar refractivity (Wildman–Crippen MR) is 106 cm³/mol. The number of carbonyl (C=O) groups is 1. The van der Waals surface area contributed by atoms with E-state index >= 15 is 0 Å². The third kappa shape index (κ3) is 5.28. The number of ether oxygens (including phenoxy) is 1. The van der Waals surface area contributed by atoms with Crippen LogP contribution in [0.4, 0.5) is 9.52 Å². The van der Waals surface area contributed by atoms with Crippen molar-refractivity contribution in [3.05, 3.63) is 40.1 Å². The molecular formula is C18H20ClFN2O4S2. The van der Waals surface area contributed by atoms with Crippen molar-refractivity contribution in [1.82, 2.24) is 4.98 Å². The lowest BCUT2D eigenvalue weighted by Crippen LogP contribution is -2.26. The first-order valence-corrected chi connectivity index (χ1v) is 11.8. The Morgan fingerprint density at radius 1 is 1.43 bits per heavy atom. The summed E-state index contributed by atoms with van der Waals surface area (Å²) in [5, 5.41) is 2.42. The van der Waals surface area contributed by atoms with Crippen LogP contribution in [0, 0.1) is 11.0 Å². The summed E-state index contributed by atoms with van der Waals surface area (Å²) in [5.41, 5.74) is 0.610. The Labute approximate surface area is 172 Å². The van der Waals surface area contributed by atoms with Crippen molar-refractivity contribution >= 4 is 43.8 Å². The van der Waals surface area contributed by atoms with Gasteiger partial charge in [0.25, 0.3) is 0 Å². The van der Waals surface area contributed by atoms with Gasteiger partial charge >= 0.3 is 0 Å². The maximum atomic E-state index is 13.2. The molecule has 1 aromatic heterocycles. The Morgan fingerprint density at radius 2 is 2.14 bits per heavy atom. The molecule has 0 spiro atoms. The molecule has 1 fully saturated rings. The lowest BCUT2D eigenvalue weighted by Gasteiger charge is -2.26. The van der Waals surface area contributed by atoms with Gasteiger partial charge in [0.2, 0.25) is 5.91 Å².